The van der Waals surface area contributed by atoms with Crippen molar-refractivity contribution in [2.24, 2.45) is 5.92 Å². The van der Waals surface area contributed by atoms with Crippen molar-refractivity contribution < 1.29 is 50.0 Å². The van der Waals surface area contributed by atoms with Crippen LogP contribution in [0.15, 0.2) is 0 Å². The zero-order chi connectivity index (χ0) is 44.2. The van der Waals surface area contributed by atoms with Gasteiger partial charge in [-0.3, -0.25) is 4.79 Å². The van der Waals surface area contributed by atoms with Gasteiger partial charge in [-0.25, -0.2) is 0 Å². The SMILES string of the molecule is CCCCCCCCCCCCCCCCCCCCCC(O)C(=O)NC(CO[C@@H]1OC(CO)[C@@H](O)C(O)C1O)C(O)C(O)CCCCCCCCCCCCC(C)CC. The van der Waals surface area contributed by atoms with Crippen molar-refractivity contribution in [3.8, 4) is 0 Å². The number of carbonyl (C=O) groups excluding carboxylic acids is 1. The molecule has 0 aromatic rings. The molecule has 1 aliphatic rings. The van der Waals surface area contributed by atoms with Gasteiger partial charge in [0, 0.05) is 0 Å². The van der Waals surface area contributed by atoms with Gasteiger partial charge in [0.25, 0.3) is 0 Å². The minimum Gasteiger partial charge on any atom is -0.394 e. The Labute approximate surface area is 367 Å². The maximum atomic E-state index is 13.1. The van der Waals surface area contributed by atoms with Gasteiger partial charge in [-0.2, -0.15) is 0 Å². The van der Waals surface area contributed by atoms with Crippen molar-refractivity contribution >= 4 is 5.91 Å². The molecule has 1 rings (SSSR count). The third-order valence-corrected chi connectivity index (χ3v) is 13.0. The molecule has 8 N–H and O–H groups in total. The maximum Gasteiger partial charge on any atom is 0.249 e. The lowest BCUT2D eigenvalue weighted by atomic mass is 9.98. The summed E-state index contributed by atoms with van der Waals surface area (Å²) >= 11 is 0. The summed E-state index contributed by atoms with van der Waals surface area (Å²) in [6, 6.07) is -1.16. The molecule has 0 saturated carbocycles. The van der Waals surface area contributed by atoms with E-state index in [2.05, 4.69) is 26.1 Å². The van der Waals surface area contributed by atoms with Crippen LogP contribution < -0.4 is 5.32 Å². The third kappa shape index (κ3) is 28.0. The predicted molar refractivity (Wildman–Crippen MR) is 243 cm³/mol. The fourth-order valence-corrected chi connectivity index (χ4v) is 8.36. The number of carbonyl (C=O) groups is 1. The van der Waals surface area contributed by atoms with Crippen molar-refractivity contribution in [1.82, 2.24) is 5.32 Å². The summed E-state index contributed by atoms with van der Waals surface area (Å²) < 4.78 is 11.1. The van der Waals surface area contributed by atoms with Gasteiger partial charge >= 0.3 is 0 Å². The van der Waals surface area contributed by atoms with E-state index in [1.54, 1.807) is 0 Å². The average molecular weight is 860 g/mol. The molecule has 1 aliphatic heterocycles. The lowest BCUT2D eigenvalue weighted by Crippen LogP contribution is -2.60. The van der Waals surface area contributed by atoms with E-state index >= 15 is 0 Å². The van der Waals surface area contributed by atoms with Crippen molar-refractivity contribution in [3.05, 3.63) is 0 Å². The van der Waals surface area contributed by atoms with Crippen LogP contribution >= 0.6 is 0 Å². The number of rotatable bonds is 42. The number of unbranched alkanes of at least 4 members (excludes halogenated alkanes) is 27. The number of aliphatic hydroxyl groups excluding tert-OH is 7. The highest BCUT2D eigenvalue weighted by Gasteiger charge is 2.44. The van der Waals surface area contributed by atoms with Crippen LogP contribution in [-0.4, -0.2) is 110 Å². The van der Waals surface area contributed by atoms with E-state index in [1.807, 2.05) is 0 Å². The molecular weight excluding hydrogens is 763 g/mol. The smallest absolute Gasteiger partial charge is 0.249 e. The van der Waals surface area contributed by atoms with Crippen molar-refractivity contribution in [3.63, 3.8) is 0 Å². The Hall–Kier alpha value is -0.890. The second-order valence-electron chi connectivity index (χ2n) is 18.5. The normalized spacial score (nSPS) is 22.1. The third-order valence-electron chi connectivity index (χ3n) is 13.0. The van der Waals surface area contributed by atoms with Crippen LogP contribution in [0.25, 0.3) is 0 Å². The minimum atomic E-state index is -1.66. The van der Waals surface area contributed by atoms with Gasteiger partial charge in [0.1, 0.15) is 36.6 Å². The Morgan fingerprint density at radius 3 is 1.38 bits per heavy atom. The predicted octanol–water partition coefficient (Wildman–Crippen LogP) is 8.92. The molecule has 60 heavy (non-hydrogen) atoms. The van der Waals surface area contributed by atoms with Crippen LogP contribution in [0.4, 0.5) is 0 Å². The van der Waals surface area contributed by atoms with Crippen LogP contribution in [0.2, 0.25) is 0 Å². The zero-order valence-electron chi connectivity index (χ0n) is 38.9. The highest BCUT2D eigenvalue weighted by molar-refractivity contribution is 5.80. The molecule has 11 heteroatoms. The van der Waals surface area contributed by atoms with E-state index in [0.29, 0.717) is 19.3 Å². The Balaban J connectivity index is 2.39. The lowest BCUT2D eigenvalue weighted by molar-refractivity contribution is -0.303. The molecule has 1 saturated heterocycles. The Morgan fingerprint density at radius 2 is 0.967 bits per heavy atom. The first kappa shape index (κ1) is 57.1. The van der Waals surface area contributed by atoms with E-state index in [-0.39, 0.29) is 6.42 Å². The fourth-order valence-electron chi connectivity index (χ4n) is 8.36. The Morgan fingerprint density at radius 1 is 0.567 bits per heavy atom. The molecule has 11 nitrogen and oxygen atoms in total. The zero-order valence-corrected chi connectivity index (χ0v) is 38.9. The number of aliphatic hydroxyl groups is 7. The first-order valence-corrected chi connectivity index (χ1v) is 25.3. The fraction of sp³-hybridized carbons (Fsp3) is 0.980. The van der Waals surface area contributed by atoms with Gasteiger partial charge in [0.2, 0.25) is 5.91 Å². The molecule has 0 bridgehead atoms. The minimum absolute atomic E-state index is 0.266. The van der Waals surface area contributed by atoms with Crippen molar-refractivity contribution in [2.45, 2.75) is 288 Å². The van der Waals surface area contributed by atoms with Crippen molar-refractivity contribution in [1.29, 1.82) is 0 Å². The molecule has 0 aromatic carbocycles. The van der Waals surface area contributed by atoms with Crippen LogP contribution in [0.5, 0.6) is 0 Å². The van der Waals surface area contributed by atoms with E-state index in [9.17, 15) is 40.5 Å². The van der Waals surface area contributed by atoms with E-state index < -0.39 is 74.2 Å². The number of hydrogen-bond acceptors (Lipinski definition) is 10. The van der Waals surface area contributed by atoms with E-state index in [0.717, 1.165) is 44.4 Å². The molecule has 1 heterocycles. The summed E-state index contributed by atoms with van der Waals surface area (Å²) in [5.74, 6) is 0.136. The second-order valence-corrected chi connectivity index (χ2v) is 18.5. The van der Waals surface area contributed by atoms with Gasteiger partial charge in [0.15, 0.2) is 6.29 Å². The molecule has 358 valence electrons. The highest BCUT2D eigenvalue weighted by Crippen LogP contribution is 2.23. The average Bonchev–Trinajstić information content (AvgIpc) is 3.25. The maximum absolute atomic E-state index is 13.1. The van der Waals surface area contributed by atoms with Crippen LogP contribution in [0.3, 0.4) is 0 Å². The van der Waals surface area contributed by atoms with Crippen LogP contribution in [0, 0.1) is 5.92 Å². The summed E-state index contributed by atoms with van der Waals surface area (Å²) in [4.78, 5) is 13.1. The van der Waals surface area contributed by atoms with Gasteiger partial charge in [-0.05, 0) is 18.8 Å². The van der Waals surface area contributed by atoms with Gasteiger partial charge in [0.05, 0.1) is 25.4 Å². The summed E-state index contributed by atoms with van der Waals surface area (Å²) in [6.45, 7) is 5.80. The van der Waals surface area contributed by atoms with Crippen LogP contribution in [-0.2, 0) is 14.3 Å². The van der Waals surface area contributed by atoms with Gasteiger partial charge < -0.3 is 50.5 Å². The van der Waals surface area contributed by atoms with Crippen LogP contribution in [0.1, 0.15) is 233 Å². The van der Waals surface area contributed by atoms with Gasteiger partial charge in [-0.1, -0.05) is 220 Å². The summed E-state index contributed by atoms with van der Waals surface area (Å²) in [5.41, 5.74) is 0. The van der Waals surface area contributed by atoms with E-state index in [4.69, 9.17) is 9.47 Å². The number of amides is 1. The first-order chi connectivity index (χ1) is 29.1. The molecule has 0 radical (unpaired) electrons. The molecule has 8 unspecified atom stereocenters. The standard InChI is InChI=1S/C49H97NO10/c1-4-6-7-8-9-10-11-12-13-14-15-16-17-18-19-24-27-30-33-36-42(53)48(58)50-40(38-59-49-47(57)46(56)45(55)43(37-51)60-49)44(54)41(52)35-32-29-26-23-21-20-22-25-28-31-34-39(3)5-2/h39-47,49,51-57H,4-38H2,1-3H3,(H,50,58)/t39?,40?,41?,42?,43?,44?,45-,46?,47?,49-/m1/s1. The largest absolute Gasteiger partial charge is 0.394 e. The molecular formula is C49H97NO10. The summed E-state index contributed by atoms with van der Waals surface area (Å²) in [6.07, 6.45) is 27.2. The molecule has 0 spiro atoms. The van der Waals surface area contributed by atoms with E-state index in [1.165, 1.54) is 148 Å². The topological polar surface area (TPSA) is 189 Å². The molecule has 1 fully saturated rings. The molecule has 10 atom stereocenters. The van der Waals surface area contributed by atoms with Gasteiger partial charge in [-0.15, -0.1) is 0 Å². The monoisotopic (exact) mass is 860 g/mol. The highest BCUT2D eigenvalue weighted by atomic mass is 16.7. The Kier molecular flexibility index (Phi) is 36.7. The Bertz CT molecular complexity index is 959. The molecule has 1 amide bonds. The van der Waals surface area contributed by atoms with Crippen molar-refractivity contribution in [2.75, 3.05) is 13.2 Å². The number of nitrogens with one attached hydrogen (secondary N) is 1. The quantitative estimate of drug-likeness (QED) is 0.0275. The molecule has 0 aliphatic carbocycles. The first-order valence-electron chi connectivity index (χ1n) is 25.3. The number of hydrogen-bond donors (Lipinski definition) is 8. The summed E-state index contributed by atoms with van der Waals surface area (Å²) in [7, 11) is 0. The lowest BCUT2D eigenvalue weighted by Gasteiger charge is -2.40. The molecule has 0 aromatic heterocycles. The second kappa shape index (κ2) is 38.6. The number of ether oxygens (including phenoxy) is 2. The summed E-state index contributed by atoms with van der Waals surface area (Å²) in [5, 5.41) is 75.8.